The molecule has 0 saturated heterocycles. The van der Waals surface area contributed by atoms with Crippen molar-refractivity contribution in [2.45, 2.75) is 0 Å². The second-order valence-corrected chi connectivity index (χ2v) is 3.93. The van der Waals surface area contributed by atoms with Gasteiger partial charge in [-0.05, 0) is 0 Å². The summed E-state index contributed by atoms with van der Waals surface area (Å²) in [5, 5.41) is 0. The molecule has 1 aliphatic rings. The first-order valence-electron chi connectivity index (χ1n) is 5.23. The average Bonchev–Trinajstić information content (AvgIpc) is 2.36. The van der Waals surface area contributed by atoms with Gasteiger partial charge in [0, 0.05) is 55.0 Å². The molecule has 0 unspecified atom stereocenters. The molecule has 2 aromatic rings. The Kier molecular flexibility index (Phi) is 3.46. The molecular weight excluding hydrogens is 303 g/mol. The van der Waals surface area contributed by atoms with Crippen LogP contribution in [0.5, 0.6) is 0 Å². The van der Waals surface area contributed by atoms with E-state index in [4.69, 9.17) is 5.73 Å². The summed E-state index contributed by atoms with van der Waals surface area (Å²) < 4.78 is 0. The van der Waals surface area contributed by atoms with Gasteiger partial charge in [-0.1, -0.05) is 42.5 Å². The van der Waals surface area contributed by atoms with Crippen LogP contribution in [0.3, 0.4) is 0 Å². The molecule has 0 spiro atoms. The van der Waals surface area contributed by atoms with Gasteiger partial charge in [-0.15, -0.1) is 5.69 Å². The Morgan fingerprint density at radius 3 is 1.94 bits per heavy atom. The smallest absolute Gasteiger partial charge is 0.194 e. The number of nitrogens with one attached hydrogen (secondary N) is 1. The molecule has 1 N–H and O–H groups in total. The molecule has 0 fully saturated rings. The van der Waals surface area contributed by atoms with E-state index in [9.17, 15) is 9.59 Å². The summed E-state index contributed by atoms with van der Waals surface area (Å²) in [5.74, 6) is -0.412. The zero-order valence-corrected chi connectivity index (χ0v) is 12.3. The second kappa shape index (κ2) is 4.75. The van der Waals surface area contributed by atoms with E-state index >= 15 is 0 Å². The van der Waals surface area contributed by atoms with Gasteiger partial charge in [-0.3, -0.25) is 9.59 Å². The van der Waals surface area contributed by atoms with E-state index in [0.29, 0.717) is 16.7 Å². The molecule has 3 rings (SSSR count). The number of hydrogen-bond donors (Lipinski definition) is 0. The summed E-state index contributed by atoms with van der Waals surface area (Å²) in [6.07, 6.45) is 0. The van der Waals surface area contributed by atoms with Crippen LogP contribution in [-0.2, 0) is 32.7 Å². The van der Waals surface area contributed by atoms with E-state index < -0.39 is 0 Å². The molecule has 85 valence electrons. The van der Waals surface area contributed by atoms with Gasteiger partial charge in [0.25, 0.3) is 0 Å². The average molecular weight is 311 g/mol. The van der Waals surface area contributed by atoms with Crippen molar-refractivity contribution in [2.24, 2.45) is 0 Å². The Morgan fingerprint density at radius 2 is 1.28 bits per heavy atom. The van der Waals surface area contributed by atoms with Crippen molar-refractivity contribution >= 4 is 17.3 Å². The van der Waals surface area contributed by atoms with E-state index in [1.165, 1.54) is 6.07 Å². The molecule has 0 aliphatic heterocycles. The first-order chi connectivity index (χ1) is 8.20. The van der Waals surface area contributed by atoms with E-state index in [1.54, 1.807) is 36.4 Å². The van der Waals surface area contributed by atoms with E-state index in [0.717, 1.165) is 0 Å². The van der Waals surface area contributed by atoms with Crippen LogP contribution in [0.15, 0.2) is 42.5 Å². The van der Waals surface area contributed by atoms with Crippen LogP contribution in [0.2, 0.25) is 0 Å². The van der Waals surface area contributed by atoms with Crippen LogP contribution in [-0.4, -0.2) is 11.6 Å². The van der Waals surface area contributed by atoms with Crippen LogP contribution in [0.4, 0.5) is 5.69 Å². The molecule has 0 aromatic heterocycles. The number of ketones is 2. The van der Waals surface area contributed by atoms with Crippen molar-refractivity contribution < 1.29 is 42.3 Å². The predicted octanol–water partition coefficient (Wildman–Crippen LogP) is 3.14. The fraction of sp³-hybridized carbons (Fsp3) is 0. The fourth-order valence-electron chi connectivity index (χ4n) is 2.15. The van der Waals surface area contributed by atoms with Crippen LogP contribution in [0.25, 0.3) is 5.73 Å². The van der Waals surface area contributed by atoms with Crippen molar-refractivity contribution in [2.75, 3.05) is 0 Å². The van der Waals surface area contributed by atoms with Crippen molar-refractivity contribution in [1.29, 1.82) is 0 Å². The minimum Gasteiger partial charge on any atom is -0.698 e. The Morgan fingerprint density at radius 1 is 0.722 bits per heavy atom. The van der Waals surface area contributed by atoms with E-state index in [-0.39, 0.29) is 55.5 Å². The Bertz CT molecular complexity index is 665. The summed E-state index contributed by atoms with van der Waals surface area (Å²) in [6.45, 7) is 0. The topological polar surface area (TPSA) is 57.9 Å². The number of carbonyl (C=O) groups excluding carboxylic acids is 2. The molecular formula is C14H8NO2Y-. The molecule has 4 heteroatoms. The third-order valence-corrected chi connectivity index (χ3v) is 2.95. The van der Waals surface area contributed by atoms with Gasteiger partial charge in [0.05, 0.1) is 0 Å². The molecule has 0 bridgehead atoms. The van der Waals surface area contributed by atoms with Gasteiger partial charge < -0.3 is 5.73 Å². The van der Waals surface area contributed by atoms with Crippen LogP contribution >= 0.6 is 0 Å². The van der Waals surface area contributed by atoms with Crippen molar-refractivity contribution in [3.8, 4) is 0 Å². The van der Waals surface area contributed by atoms with Gasteiger partial charge in [0.15, 0.2) is 11.6 Å². The minimum atomic E-state index is -0.235. The largest absolute Gasteiger partial charge is 0.698 e. The van der Waals surface area contributed by atoms with Gasteiger partial charge in [0.1, 0.15) is 0 Å². The van der Waals surface area contributed by atoms with Crippen molar-refractivity contribution in [3.05, 3.63) is 70.5 Å². The van der Waals surface area contributed by atoms with Gasteiger partial charge in [0.2, 0.25) is 0 Å². The number of hydrogen-bond acceptors (Lipinski definition) is 2. The molecule has 0 heterocycles. The first kappa shape index (κ1) is 13.1. The van der Waals surface area contributed by atoms with Crippen molar-refractivity contribution in [1.82, 2.24) is 0 Å². The first-order valence-corrected chi connectivity index (χ1v) is 5.23. The van der Waals surface area contributed by atoms with Crippen molar-refractivity contribution in [3.63, 3.8) is 0 Å². The van der Waals surface area contributed by atoms with Crippen LogP contribution in [0.1, 0.15) is 31.8 Å². The number of rotatable bonds is 0. The summed E-state index contributed by atoms with van der Waals surface area (Å²) in [4.78, 5) is 24.4. The zero-order valence-electron chi connectivity index (χ0n) is 9.44. The third-order valence-electron chi connectivity index (χ3n) is 2.95. The maximum Gasteiger partial charge on any atom is 0.194 e. The molecule has 2 aromatic carbocycles. The maximum absolute atomic E-state index is 12.2. The summed E-state index contributed by atoms with van der Waals surface area (Å²) in [7, 11) is 0. The van der Waals surface area contributed by atoms with Gasteiger partial charge >= 0.3 is 0 Å². The predicted molar refractivity (Wildman–Crippen MR) is 63.7 cm³/mol. The second-order valence-electron chi connectivity index (χ2n) is 3.93. The molecule has 0 amide bonds. The molecule has 18 heavy (non-hydrogen) atoms. The minimum absolute atomic E-state index is 0. The Balaban J connectivity index is 0.00000120. The fourth-order valence-corrected chi connectivity index (χ4v) is 2.15. The molecule has 3 nitrogen and oxygen atoms in total. The standard InChI is InChI=1S/C14H9NO2.Y/c15-11-7-3-6-10-12(11)14(17)9-5-2-1-4-8(9)13(10)16;/h1-7H,(H2,15,17);/p-1. The van der Waals surface area contributed by atoms with E-state index in [2.05, 4.69) is 0 Å². The molecule has 0 saturated carbocycles. The van der Waals surface area contributed by atoms with E-state index in [1.807, 2.05) is 0 Å². The van der Waals surface area contributed by atoms with Gasteiger partial charge in [-0.2, -0.15) is 0 Å². The Hall–Kier alpha value is -1.32. The third kappa shape index (κ3) is 1.75. The normalized spacial score (nSPS) is 12.4. The maximum atomic E-state index is 12.2. The summed E-state index contributed by atoms with van der Waals surface area (Å²) >= 11 is 0. The van der Waals surface area contributed by atoms with Gasteiger partial charge in [-0.25, -0.2) is 0 Å². The molecule has 1 radical (unpaired) electrons. The number of benzene rings is 2. The number of carbonyl (C=O) groups is 2. The molecule has 1 aliphatic carbocycles. The summed E-state index contributed by atoms with van der Waals surface area (Å²) in [6, 6.07) is 11.5. The summed E-state index contributed by atoms with van der Waals surface area (Å²) in [5.41, 5.74) is 9.22. The Labute approximate surface area is 129 Å². The van der Waals surface area contributed by atoms with Crippen LogP contribution in [0, 0.1) is 0 Å². The number of fused-ring (bicyclic) bond motifs is 2. The van der Waals surface area contributed by atoms with Crippen LogP contribution < -0.4 is 0 Å². The SMILES string of the molecule is [NH-]c1cccc2c1C(=O)c1ccccc1C2=O.[Y]. The quantitative estimate of drug-likeness (QED) is 0.640. The zero-order chi connectivity index (χ0) is 12.0. The molecule has 0 atom stereocenters. The monoisotopic (exact) mass is 311 g/mol.